The molecular formula is C19H23BrN4O. The van der Waals surface area contributed by atoms with Crippen molar-refractivity contribution < 1.29 is 4.74 Å². The second kappa shape index (κ2) is 8.34. The van der Waals surface area contributed by atoms with Gasteiger partial charge in [-0.25, -0.2) is 0 Å². The smallest absolute Gasteiger partial charge is 0.191 e. The van der Waals surface area contributed by atoms with Crippen LogP contribution in [-0.4, -0.2) is 37.7 Å². The average Bonchev–Trinajstić information content (AvgIpc) is 3.43. The van der Waals surface area contributed by atoms with E-state index < -0.39 is 0 Å². The summed E-state index contributed by atoms with van der Waals surface area (Å²) in [7, 11) is 1.79. The number of ether oxygens (including phenoxy) is 1. The first kappa shape index (κ1) is 17.7. The van der Waals surface area contributed by atoms with Crippen LogP contribution in [0.25, 0.3) is 0 Å². The molecule has 2 N–H and O–H groups in total. The van der Waals surface area contributed by atoms with Gasteiger partial charge >= 0.3 is 0 Å². The van der Waals surface area contributed by atoms with Crippen LogP contribution in [0.5, 0.6) is 5.75 Å². The highest BCUT2D eigenvalue weighted by atomic mass is 79.9. The standard InChI is InChI=1S/C19H23BrN4O/c1-21-18(23-10-11-25-17-6-3-9-22-13-17)24-14-19(7-8-19)15-4-2-5-16(20)12-15/h2-6,9,12-13H,7-8,10-11,14H2,1H3,(H2,21,23,24). The number of nitrogens with one attached hydrogen (secondary N) is 2. The minimum absolute atomic E-state index is 0.230. The van der Waals surface area contributed by atoms with Gasteiger partial charge in [0.15, 0.2) is 5.96 Å². The molecule has 25 heavy (non-hydrogen) atoms. The van der Waals surface area contributed by atoms with Gasteiger partial charge in [-0.15, -0.1) is 0 Å². The zero-order valence-electron chi connectivity index (χ0n) is 14.3. The molecule has 0 saturated heterocycles. The van der Waals surface area contributed by atoms with Crippen molar-refractivity contribution >= 4 is 21.9 Å². The third-order valence-corrected chi connectivity index (χ3v) is 4.90. The maximum atomic E-state index is 5.63. The van der Waals surface area contributed by atoms with Gasteiger partial charge in [-0.05, 0) is 42.7 Å². The van der Waals surface area contributed by atoms with E-state index in [2.05, 4.69) is 60.8 Å². The van der Waals surface area contributed by atoms with Crippen LogP contribution >= 0.6 is 15.9 Å². The van der Waals surface area contributed by atoms with E-state index >= 15 is 0 Å². The van der Waals surface area contributed by atoms with Crippen LogP contribution in [0.4, 0.5) is 0 Å². The topological polar surface area (TPSA) is 58.5 Å². The van der Waals surface area contributed by atoms with E-state index in [1.807, 2.05) is 12.1 Å². The molecule has 2 aromatic rings. The molecule has 1 aromatic heterocycles. The summed E-state index contributed by atoms with van der Waals surface area (Å²) >= 11 is 3.56. The molecule has 1 aromatic carbocycles. The second-order valence-electron chi connectivity index (χ2n) is 6.18. The van der Waals surface area contributed by atoms with Crippen molar-refractivity contribution in [1.82, 2.24) is 15.6 Å². The van der Waals surface area contributed by atoms with Gasteiger partial charge in [0.05, 0.1) is 12.7 Å². The van der Waals surface area contributed by atoms with Crippen LogP contribution < -0.4 is 15.4 Å². The Bertz CT molecular complexity index is 716. The molecule has 3 rings (SSSR count). The fourth-order valence-electron chi connectivity index (χ4n) is 2.78. The number of hydrogen-bond acceptors (Lipinski definition) is 3. The minimum atomic E-state index is 0.230. The van der Waals surface area contributed by atoms with Crippen LogP contribution in [0.1, 0.15) is 18.4 Å². The quantitative estimate of drug-likeness (QED) is 0.424. The van der Waals surface area contributed by atoms with Gasteiger partial charge in [0.2, 0.25) is 0 Å². The van der Waals surface area contributed by atoms with E-state index in [1.165, 1.54) is 18.4 Å². The Morgan fingerprint density at radius 3 is 2.84 bits per heavy atom. The zero-order chi connectivity index (χ0) is 17.5. The summed E-state index contributed by atoms with van der Waals surface area (Å²) in [5.74, 6) is 1.58. The van der Waals surface area contributed by atoms with Gasteiger partial charge in [-0.1, -0.05) is 28.1 Å². The SMILES string of the molecule is CN=C(NCCOc1cccnc1)NCC1(c2cccc(Br)c2)CC1. The van der Waals surface area contributed by atoms with E-state index in [1.54, 1.807) is 19.4 Å². The highest BCUT2D eigenvalue weighted by Crippen LogP contribution is 2.48. The van der Waals surface area contributed by atoms with Crippen molar-refractivity contribution in [3.8, 4) is 5.75 Å². The molecule has 5 nitrogen and oxygen atoms in total. The van der Waals surface area contributed by atoms with Gasteiger partial charge in [0.25, 0.3) is 0 Å². The Morgan fingerprint density at radius 1 is 1.28 bits per heavy atom. The maximum absolute atomic E-state index is 5.63. The number of rotatable bonds is 7. The molecule has 1 aliphatic rings. The number of aliphatic imine (C=N–C) groups is 1. The Balaban J connectivity index is 1.44. The molecule has 1 fully saturated rings. The van der Waals surface area contributed by atoms with Crippen molar-refractivity contribution in [2.75, 3.05) is 26.7 Å². The summed E-state index contributed by atoms with van der Waals surface area (Å²) in [6.07, 6.45) is 5.85. The lowest BCUT2D eigenvalue weighted by molar-refractivity contribution is 0.320. The molecule has 0 amide bonds. The number of aromatic nitrogens is 1. The number of pyridine rings is 1. The molecule has 1 heterocycles. The van der Waals surface area contributed by atoms with E-state index in [0.717, 1.165) is 22.7 Å². The lowest BCUT2D eigenvalue weighted by Crippen LogP contribution is -2.42. The van der Waals surface area contributed by atoms with Crippen LogP contribution in [0.2, 0.25) is 0 Å². The van der Waals surface area contributed by atoms with Crippen molar-refractivity contribution in [1.29, 1.82) is 0 Å². The van der Waals surface area contributed by atoms with Crippen molar-refractivity contribution in [2.45, 2.75) is 18.3 Å². The molecular weight excluding hydrogens is 380 g/mol. The molecule has 0 atom stereocenters. The van der Waals surface area contributed by atoms with Crippen molar-refractivity contribution in [2.24, 2.45) is 4.99 Å². The summed E-state index contributed by atoms with van der Waals surface area (Å²) < 4.78 is 6.76. The van der Waals surface area contributed by atoms with Gasteiger partial charge in [0, 0.05) is 29.7 Å². The Kier molecular flexibility index (Phi) is 5.91. The molecule has 0 aliphatic heterocycles. The summed E-state index contributed by atoms with van der Waals surface area (Å²) in [6.45, 7) is 2.12. The van der Waals surface area contributed by atoms with Crippen LogP contribution in [0.15, 0.2) is 58.3 Å². The van der Waals surface area contributed by atoms with Crippen molar-refractivity contribution in [3.05, 3.63) is 58.8 Å². The average molecular weight is 403 g/mol. The first-order valence-electron chi connectivity index (χ1n) is 8.45. The Morgan fingerprint density at radius 2 is 2.16 bits per heavy atom. The largest absolute Gasteiger partial charge is 0.490 e. The monoisotopic (exact) mass is 402 g/mol. The van der Waals surface area contributed by atoms with Gasteiger partial charge in [0.1, 0.15) is 12.4 Å². The summed E-state index contributed by atoms with van der Waals surface area (Å²) in [5.41, 5.74) is 1.61. The minimum Gasteiger partial charge on any atom is -0.490 e. The lowest BCUT2D eigenvalue weighted by Gasteiger charge is -2.19. The van der Waals surface area contributed by atoms with Crippen LogP contribution in [0.3, 0.4) is 0 Å². The maximum Gasteiger partial charge on any atom is 0.191 e. The zero-order valence-corrected chi connectivity index (χ0v) is 15.9. The lowest BCUT2D eigenvalue weighted by atomic mass is 9.96. The van der Waals surface area contributed by atoms with E-state index in [4.69, 9.17) is 4.74 Å². The molecule has 1 saturated carbocycles. The molecule has 1 aliphatic carbocycles. The number of halogens is 1. The van der Waals surface area contributed by atoms with Gasteiger partial charge < -0.3 is 15.4 Å². The number of guanidine groups is 1. The first-order chi connectivity index (χ1) is 12.2. The summed E-state index contributed by atoms with van der Waals surface area (Å²) in [5, 5.41) is 6.73. The molecule has 0 radical (unpaired) electrons. The third-order valence-electron chi connectivity index (χ3n) is 4.41. The Labute approximate surface area is 157 Å². The molecule has 0 bridgehead atoms. The summed E-state index contributed by atoms with van der Waals surface area (Å²) in [6, 6.07) is 12.3. The van der Waals surface area contributed by atoms with Crippen LogP contribution in [-0.2, 0) is 5.41 Å². The molecule has 6 heteroatoms. The normalized spacial score (nSPS) is 15.5. The number of hydrogen-bond donors (Lipinski definition) is 2. The van der Waals surface area contributed by atoms with Gasteiger partial charge in [-0.2, -0.15) is 0 Å². The summed E-state index contributed by atoms with van der Waals surface area (Å²) in [4.78, 5) is 8.32. The van der Waals surface area contributed by atoms with E-state index in [0.29, 0.717) is 13.2 Å². The fourth-order valence-corrected chi connectivity index (χ4v) is 3.18. The predicted octanol–water partition coefficient (Wildman–Crippen LogP) is 3.12. The fraction of sp³-hybridized carbons (Fsp3) is 0.368. The highest BCUT2D eigenvalue weighted by molar-refractivity contribution is 9.10. The highest BCUT2D eigenvalue weighted by Gasteiger charge is 2.44. The van der Waals surface area contributed by atoms with E-state index in [9.17, 15) is 0 Å². The molecule has 0 unspecified atom stereocenters. The van der Waals surface area contributed by atoms with E-state index in [-0.39, 0.29) is 5.41 Å². The number of nitrogens with zero attached hydrogens (tertiary/aromatic N) is 2. The van der Waals surface area contributed by atoms with Crippen LogP contribution in [0, 0.1) is 0 Å². The number of benzene rings is 1. The van der Waals surface area contributed by atoms with Crippen molar-refractivity contribution in [3.63, 3.8) is 0 Å². The third kappa shape index (κ3) is 4.95. The second-order valence-corrected chi connectivity index (χ2v) is 7.10. The first-order valence-corrected chi connectivity index (χ1v) is 9.25. The molecule has 132 valence electrons. The predicted molar refractivity (Wildman–Crippen MR) is 104 cm³/mol. The Hall–Kier alpha value is -2.08. The van der Waals surface area contributed by atoms with Gasteiger partial charge in [-0.3, -0.25) is 9.98 Å². The molecule has 0 spiro atoms.